The molecule has 1 atom stereocenters. The second-order valence-electron chi connectivity index (χ2n) is 7.00. The minimum Gasteiger partial charge on any atom is -0.477 e. The summed E-state index contributed by atoms with van der Waals surface area (Å²) < 4.78 is 11.2. The first-order valence-corrected chi connectivity index (χ1v) is 9.75. The van der Waals surface area contributed by atoms with E-state index in [2.05, 4.69) is 33.5 Å². The van der Waals surface area contributed by atoms with Gasteiger partial charge in [0.25, 0.3) is 11.8 Å². The van der Waals surface area contributed by atoms with Crippen molar-refractivity contribution in [2.24, 2.45) is 0 Å². The summed E-state index contributed by atoms with van der Waals surface area (Å²) in [6, 6.07) is 14.2. The molecule has 0 bridgehead atoms. The van der Waals surface area contributed by atoms with Gasteiger partial charge in [-0.15, -0.1) is 0 Å². The highest BCUT2D eigenvalue weighted by Crippen LogP contribution is 2.24. The van der Waals surface area contributed by atoms with E-state index in [0.717, 1.165) is 23.8 Å². The second-order valence-corrected chi connectivity index (χ2v) is 7.00. The summed E-state index contributed by atoms with van der Waals surface area (Å²) in [6.07, 6.45) is 4.70. The van der Waals surface area contributed by atoms with Crippen molar-refractivity contribution < 1.29 is 14.3 Å². The molecule has 150 valence electrons. The van der Waals surface area contributed by atoms with Gasteiger partial charge in [0.2, 0.25) is 0 Å². The highest BCUT2D eigenvalue weighted by molar-refractivity contribution is 5.86. The zero-order valence-electron chi connectivity index (χ0n) is 16.4. The number of aromatic nitrogens is 2. The number of hydrogen-bond acceptors (Lipinski definition) is 5. The molecule has 0 spiro atoms. The Hall–Kier alpha value is -3.35. The molecule has 1 saturated heterocycles. The third kappa shape index (κ3) is 4.39. The van der Waals surface area contributed by atoms with Gasteiger partial charge in [0.1, 0.15) is 6.10 Å². The number of amides is 2. The second kappa shape index (κ2) is 8.77. The highest BCUT2D eigenvalue weighted by Gasteiger charge is 2.26. The molecule has 1 unspecified atom stereocenters. The lowest BCUT2D eigenvalue weighted by Crippen LogP contribution is -2.48. The number of benzene rings is 2. The first-order chi connectivity index (χ1) is 14.2. The van der Waals surface area contributed by atoms with E-state index in [0.29, 0.717) is 31.4 Å². The standard InChI is InChI=1S/C22H24N4O3/c1-28-20-21(24-12-11-23-20)29-18-9-5-13-26(15-18)22(27)25-14-17-8-4-7-16-6-2-3-10-19(16)17/h2-4,6-8,10-12,18H,5,9,13-15H2,1H3,(H,25,27). The molecule has 0 aliphatic carbocycles. The third-order valence-electron chi connectivity index (χ3n) is 5.08. The van der Waals surface area contributed by atoms with Crippen LogP contribution >= 0.6 is 0 Å². The molecule has 1 fully saturated rings. The SMILES string of the molecule is COc1nccnc1OC1CCCN(C(=O)NCc2cccc3ccccc23)C1. The number of urea groups is 1. The van der Waals surface area contributed by atoms with Crippen molar-refractivity contribution in [1.82, 2.24) is 20.2 Å². The highest BCUT2D eigenvalue weighted by atomic mass is 16.5. The average Bonchev–Trinajstić information content (AvgIpc) is 2.78. The van der Waals surface area contributed by atoms with Gasteiger partial charge in [-0.1, -0.05) is 42.5 Å². The van der Waals surface area contributed by atoms with E-state index in [-0.39, 0.29) is 12.1 Å². The summed E-state index contributed by atoms with van der Waals surface area (Å²) in [5.41, 5.74) is 1.10. The molecule has 4 rings (SSSR count). The lowest BCUT2D eigenvalue weighted by atomic mass is 10.0. The molecule has 2 heterocycles. The molecule has 7 nitrogen and oxygen atoms in total. The van der Waals surface area contributed by atoms with Crippen molar-refractivity contribution in [3.8, 4) is 11.8 Å². The average molecular weight is 392 g/mol. The quantitative estimate of drug-likeness (QED) is 0.720. The van der Waals surface area contributed by atoms with Gasteiger partial charge >= 0.3 is 6.03 Å². The number of ether oxygens (including phenoxy) is 2. The van der Waals surface area contributed by atoms with E-state index in [1.165, 1.54) is 12.5 Å². The fraction of sp³-hybridized carbons (Fsp3) is 0.318. The summed E-state index contributed by atoms with van der Waals surface area (Å²) in [4.78, 5) is 22.8. The van der Waals surface area contributed by atoms with E-state index >= 15 is 0 Å². The van der Waals surface area contributed by atoms with Gasteiger partial charge in [0.05, 0.1) is 13.7 Å². The topological polar surface area (TPSA) is 76.6 Å². The van der Waals surface area contributed by atoms with Crippen LogP contribution in [0, 0.1) is 0 Å². The lowest BCUT2D eigenvalue weighted by Gasteiger charge is -2.32. The van der Waals surface area contributed by atoms with Crippen molar-refractivity contribution in [1.29, 1.82) is 0 Å². The molecule has 2 aromatic carbocycles. The fourth-order valence-corrected chi connectivity index (χ4v) is 3.64. The number of fused-ring (bicyclic) bond motifs is 1. The zero-order valence-corrected chi connectivity index (χ0v) is 16.4. The minimum absolute atomic E-state index is 0.0858. The Labute approximate surface area is 169 Å². The van der Waals surface area contributed by atoms with Crippen LogP contribution in [0.2, 0.25) is 0 Å². The van der Waals surface area contributed by atoms with Crippen molar-refractivity contribution in [2.75, 3.05) is 20.2 Å². The molecule has 1 aliphatic heterocycles. The molecule has 1 aromatic heterocycles. The Kier molecular flexibility index (Phi) is 5.74. The lowest BCUT2D eigenvalue weighted by molar-refractivity contribution is 0.0943. The van der Waals surface area contributed by atoms with Gasteiger partial charge < -0.3 is 19.7 Å². The Morgan fingerprint density at radius 3 is 2.79 bits per heavy atom. The van der Waals surface area contributed by atoms with Crippen LogP contribution in [0.4, 0.5) is 4.79 Å². The molecule has 1 aliphatic rings. The summed E-state index contributed by atoms with van der Waals surface area (Å²) in [7, 11) is 1.53. The van der Waals surface area contributed by atoms with Crippen molar-refractivity contribution >= 4 is 16.8 Å². The molecular formula is C22H24N4O3. The first kappa shape index (κ1) is 19.0. The molecule has 0 saturated carbocycles. The molecule has 7 heteroatoms. The number of hydrogen-bond donors (Lipinski definition) is 1. The van der Waals surface area contributed by atoms with Crippen molar-refractivity contribution in [2.45, 2.75) is 25.5 Å². The molecule has 29 heavy (non-hydrogen) atoms. The van der Waals surface area contributed by atoms with Crippen LogP contribution in [0.3, 0.4) is 0 Å². The monoisotopic (exact) mass is 392 g/mol. The number of carbonyl (C=O) groups excluding carboxylic acids is 1. The first-order valence-electron chi connectivity index (χ1n) is 9.75. The molecule has 1 N–H and O–H groups in total. The van der Waals surface area contributed by atoms with Gasteiger partial charge in [-0.3, -0.25) is 0 Å². The van der Waals surface area contributed by atoms with Gasteiger partial charge in [-0.05, 0) is 29.2 Å². The Morgan fingerprint density at radius 2 is 1.93 bits per heavy atom. The third-order valence-corrected chi connectivity index (χ3v) is 5.08. The van der Waals surface area contributed by atoms with E-state index in [1.807, 2.05) is 24.3 Å². The summed E-state index contributed by atoms with van der Waals surface area (Å²) >= 11 is 0. The van der Waals surface area contributed by atoms with Crippen LogP contribution in [-0.2, 0) is 6.54 Å². The maximum atomic E-state index is 12.7. The minimum atomic E-state index is -0.141. The molecule has 0 radical (unpaired) electrons. The van der Waals surface area contributed by atoms with E-state index < -0.39 is 0 Å². The largest absolute Gasteiger partial charge is 0.477 e. The van der Waals surface area contributed by atoms with E-state index in [9.17, 15) is 4.79 Å². The van der Waals surface area contributed by atoms with Crippen LogP contribution in [-0.4, -0.2) is 47.2 Å². The van der Waals surface area contributed by atoms with Crippen molar-refractivity contribution in [3.63, 3.8) is 0 Å². The molecule has 3 aromatic rings. The normalized spacial score (nSPS) is 16.4. The van der Waals surface area contributed by atoms with Crippen LogP contribution in [0.25, 0.3) is 10.8 Å². The van der Waals surface area contributed by atoms with Crippen LogP contribution < -0.4 is 14.8 Å². The predicted molar refractivity (Wildman–Crippen MR) is 110 cm³/mol. The molecule has 2 amide bonds. The Balaban J connectivity index is 1.37. The zero-order chi connectivity index (χ0) is 20.1. The summed E-state index contributed by atoms with van der Waals surface area (Å²) in [6.45, 7) is 1.69. The molecular weight excluding hydrogens is 368 g/mol. The van der Waals surface area contributed by atoms with E-state index in [1.54, 1.807) is 17.3 Å². The van der Waals surface area contributed by atoms with Gasteiger partial charge in [0, 0.05) is 25.5 Å². The number of rotatable bonds is 5. The van der Waals surface area contributed by atoms with Gasteiger partial charge in [-0.2, -0.15) is 0 Å². The van der Waals surface area contributed by atoms with Crippen LogP contribution in [0.5, 0.6) is 11.8 Å². The number of nitrogens with zero attached hydrogens (tertiary/aromatic N) is 3. The van der Waals surface area contributed by atoms with Crippen LogP contribution in [0.1, 0.15) is 18.4 Å². The number of likely N-dealkylation sites (tertiary alicyclic amines) is 1. The van der Waals surface area contributed by atoms with Crippen LogP contribution in [0.15, 0.2) is 54.9 Å². The predicted octanol–water partition coefficient (Wildman–Crippen LogP) is 3.39. The Morgan fingerprint density at radius 1 is 1.14 bits per heavy atom. The van der Waals surface area contributed by atoms with Gasteiger partial charge in [0.15, 0.2) is 0 Å². The Bertz CT molecular complexity index is 989. The van der Waals surface area contributed by atoms with Crippen molar-refractivity contribution in [3.05, 3.63) is 60.4 Å². The van der Waals surface area contributed by atoms with E-state index in [4.69, 9.17) is 9.47 Å². The number of piperidine rings is 1. The summed E-state index contributed by atoms with van der Waals surface area (Å²) in [5.74, 6) is 0.711. The van der Waals surface area contributed by atoms with Gasteiger partial charge in [-0.25, -0.2) is 14.8 Å². The summed E-state index contributed by atoms with van der Waals surface area (Å²) in [5, 5.41) is 5.37. The maximum absolute atomic E-state index is 12.7. The number of nitrogens with one attached hydrogen (secondary N) is 1. The fourth-order valence-electron chi connectivity index (χ4n) is 3.64. The number of methoxy groups -OCH3 is 1. The number of carbonyl (C=O) groups is 1. The smallest absolute Gasteiger partial charge is 0.317 e. The maximum Gasteiger partial charge on any atom is 0.317 e.